The van der Waals surface area contributed by atoms with Crippen LogP contribution in [0.4, 0.5) is 18.9 Å². The van der Waals surface area contributed by atoms with Gasteiger partial charge in [-0.05, 0) is 73.3 Å². The number of pyridine rings is 1. The highest BCUT2D eigenvalue weighted by Gasteiger charge is 2.39. The van der Waals surface area contributed by atoms with Gasteiger partial charge >= 0.3 is 6.18 Å². The minimum Gasteiger partial charge on any atom is -0.497 e. The molecule has 7 rings (SSSR count). The number of fused-ring (bicyclic) bond motifs is 2. The first-order chi connectivity index (χ1) is 23.1. The molecule has 1 saturated heterocycles. The van der Waals surface area contributed by atoms with E-state index in [1.54, 1.807) is 55.1 Å². The number of amides is 1. The molecule has 48 heavy (non-hydrogen) atoms. The maximum atomic E-state index is 14.5. The lowest BCUT2D eigenvalue weighted by atomic mass is 9.87. The quantitative estimate of drug-likeness (QED) is 0.211. The number of likely N-dealkylation sites (tertiary alicyclic amines) is 1. The Morgan fingerprint density at radius 1 is 1.00 bits per heavy atom. The van der Waals surface area contributed by atoms with Gasteiger partial charge < -0.3 is 23.8 Å². The SMILES string of the molecule is COc1cc(COC2CCN(C)CC2)c2nccc(N3CCc4c(cc(Cn5ccnc5)cc4-c4cn(C)nc4C(F)(F)F)C3=O)c2c1. The van der Waals surface area contributed by atoms with Crippen LogP contribution in [-0.4, -0.2) is 75.0 Å². The number of imidazole rings is 1. The molecule has 3 aromatic heterocycles. The number of aromatic nitrogens is 5. The Labute approximate surface area is 275 Å². The molecule has 2 aliphatic rings. The van der Waals surface area contributed by atoms with Crippen LogP contribution in [0, 0.1) is 0 Å². The fourth-order valence-corrected chi connectivity index (χ4v) is 6.82. The van der Waals surface area contributed by atoms with E-state index in [1.165, 1.54) is 13.2 Å². The minimum absolute atomic E-state index is 0.0525. The monoisotopic (exact) mass is 659 g/mol. The van der Waals surface area contributed by atoms with Crippen LogP contribution in [-0.2, 0) is 37.5 Å². The molecule has 0 spiro atoms. The smallest absolute Gasteiger partial charge is 0.435 e. The second-order valence-corrected chi connectivity index (χ2v) is 12.5. The van der Waals surface area contributed by atoms with Crippen LogP contribution < -0.4 is 9.64 Å². The standard InChI is InChI=1S/C35H36F3N7O3/c1-42-10-5-24(6-11-42)48-20-23-16-25(47-3)17-29-31(4-8-40-32(23)29)45-12-7-26-27(30-19-43(2)41-33(30)35(36,37)38)14-22(15-28(26)34(45)46)18-44-13-9-39-21-44/h4,8-9,13-17,19,21,24H,5-7,10-12,18,20H2,1-3H3. The molecule has 0 aliphatic carbocycles. The third-order valence-corrected chi connectivity index (χ3v) is 9.22. The molecule has 13 heteroatoms. The molecule has 0 N–H and O–H groups in total. The molecular weight excluding hydrogens is 623 g/mol. The molecule has 1 fully saturated rings. The van der Waals surface area contributed by atoms with E-state index in [-0.39, 0.29) is 24.1 Å². The molecule has 0 radical (unpaired) electrons. The second kappa shape index (κ2) is 12.7. The van der Waals surface area contributed by atoms with Gasteiger partial charge in [-0.1, -0.05) is 0 Å². The first-order valence-corrected chi connectivity index (χ1v) is 15.9. The first kappa shape index (κ1) is 31.8. The van der Waals surface area contributed by atoms with Gasteiger partial charge in [-0.25, -0.2) is 4.98 Å². The molecule has 0 saturated carbocycles. The number of methoxy groups -OCH3 is 1. The van der Waals surface area contributed by atoms with Gasteiger partial charge in [-0.2, -0.15) is 18.3 Å². The van der Waals surface area contributed by atoms with E-state index >= 15 is 0 Å². The van der Waals surface area contributed by atoms with Crippen LogP contribution in [0.5, 0.6) is 5.75 Å². The Kier molecular flexibility index (Phi) is 8.42. The number of aryl methyl sites for hydroxylation is 1. The fraction of sp³-hybridized carbons (Fsp3) is 0.371. The lowest BCUT2D eigenvalue weighted by Crippen LogP contribution is -2.38. The zero-order valence-electron chi connectivity index (χ0n) is 27.0. The summed E-state index contributed by atoms with van der Waals surface area (Å²) in [7, 11) is 5.17. The molecular formula is C35H36F3N7O3. The van der Waals surface area contributed by atoms with Crippen LogP contribution in [0.15, 0.2) is 61.4 Å². The lowest BCUT2D eigenvalue weighted by molar-refractivity contribution is -0.141. The highest BCUT2D eigenvalue weighted by Crippen LogP contribution is 2.41. The van der Waals surface area contributed by atoms with Crippen molar-refractivity contribution in [2.75, 3.05) is 38.7 Å². The maximum Gasteiger partial charge on any atom is 0.435 e. The van der Waals surface area contributed by atoms with Crippen LogP contribution >= 0.6 is 0 Å². The van der Waals surface area contributed by atoms with Crippen LogP contribution in [0.1, 0.15) is 45.6 Å². The predicted molar refractivity (Wildman–Crippen MR) is 174 cm³/mol. The van der Waals surface area contributed by atoms with Gasteiger partial charge in [0, 0.05) is 80.1 Å². The van der Waals surface area contributed by atoms with E-state index in [1.807, 2.05) is 16.7 Å². The highest BCUT2D eigenvalue weighted by atomic mass is 19.4. The van der Waals surface area contributed by atoms with Crippen molar-refractivity contribution in [1.82, 2.24) is 29.2 Å². The number of piperidine rings is 1. The Bertz CT molecular complexity index is 1960. The molecule has 1 amide bonds. The summed E-state index contributed by atoms with van der Waals surface area (Å²) >= 11 is 0. The minimum atomic E-state index is -4.67. The Morgan fingerprint density at radius 2 is 1.79 bits per heavy atom. The number of anilines is 1. The number of halogens is 3. The lowest BCUT2D eigenvalue weighted by Gasteiger charge is -2.31. The number of alkyl halides is 3. The van der Waals surface area contributed by atoms with Crippen molar-refractivity contribution in [3.8, 4) is 16.9 Å². The molecule has 0 unspecified atom stereocenters. The molecule has 5 aromatic rings. The zero-order chi connectivity index (χ0) is 33.6. The fourth-order valence-electron chi connectivity index (χ4n) is 6.82. The summed E-state index contributed by atoms with van der Waals surface area (Å²) in [6, 6.07) is 9.10. The van der Waals surface area contributed by atoms with E-state index in [0.29, 0.717) is 58.8 Å². The predicted octanol–water partition coefficient (Wildman–Crippen LogP) is 5.72. The van der Waals surface area contributed by atoms with Crippen molar-refractivity contribution < 1.29 is 27.4 Å². The third-order valence-electron chi connectivity index (χ3n) is 9.22. The number of benzene rings is 2. The van der Waals surface area contributed by atoms with Crippen LogP contribution in [0.25, 0.3) is 22.0 Å². The summed E-state index contributed by atoms with van der Waals surface area (Å²) in [5.74, 6) is 0.312. The molecule has 2 aliphatic heterocycles. The number of carbonyl (C=O) groups is 1. The summed E-state index contributed by atoms with van der Waals surface area (Å²) in [6.45, 7) is 2.90. The second-order valence-electron chi connectivity index (χ2n) is 12.5. The van der Waals surface area contributed by atoms with Crippen molar-refractivity contribution in [2.45, 2.75) is 44.7 Å². The highest BCUT2D eigenvalue weighted by molar-refractivity contribution is 6.13. The van der Waals surface area contributed by atoms with Crippen molar-refractivity contribution in [3.05, 3.63) is 89.4 Å². The number of hydrogen-bond acceptors (Lipinski definition) is 7. The molecule has 0 atom stereocenters. The number of nitrogens with zero attached hydrogens (tertiary/aromatic N) is 7. The average Bonchev–Trinajstić information content (AvgIpc) is 3.74. The summed E-state index contributed by atoms with van der Waals surface area (Å²) < 4.78 is 57.5. The number of carbonyl (C=O) groups excluding carboxylic acids is 1. The van der Waals surface area contributed by atoms with Crippen molar-refractivity contribution >= 4 is 22.5 Å². The number of rotatable bonds is 8. The van der Waals surface area contributed by atoms with Gasteiger partial charge in [0.2, 0.25) is 0 Å². The zero-order valence-corrected chi connectivity index (χ0v) is 27.0. The van der Waals surface area contributed by atoms with Gasteiger partial charge in [-0.3, -0.25) is 14.5 Å². The van der Waals surface area contributed by atoms with Gasteiger partial charge in [0.05, 0.1) is 37.4 Å². The molecule has 250 valence electrons. The van der Waals surface area contributed by atoms with E-state index in [9.17, 15) is 18.0 Å². The largest absolute Gasteiger partial charge is 0.497 e. The first-order valence-electron chi connectivity index (χ1n) is 15.9. The number of ether oxygens (including phenoxy) is 2. The Balaban J connectivity index is 1.29. The summed E-state index contributed by atoms with van der Waals surface area (Å²) in [5, 5.41) is 4.48. The van der Waals surface area contributed by atoms with Crippen molar-refractivity contribution in [3.63, 3.8) is 0 Å². The van der Waals surface area contributed by atoms with Crippen LogP contribution in [0.3, 0.4) is 0 Å². The summed E-state index contributed by atoms with van der Waals surface area (Å²) in [4.78, 5) is 27.2. The van der Waals surface area contributed by atoms with Crippen molar-refractivity contribution in [1.29, 1.82) is 0 Å². The summed E-state index contributed by atoms with van der Waals surface area (Å²) in [6.07, 6.45) is 5.80. The maximum absolute atomic E-state index is 14.5. The van der Waals surface area contributed by atoms with E-state index < -0.39 is 11.9 Å². The Morgan fingerprint density at radius 3 is 2.52 bits per heavy atom. The van der Waals surface area contributed by atoms with Gasteiger partial charge in [0.1, 0.15) is 5.75 Å². The van der Waals surface area contributed by atoms with Crippen LogP contribution in [0.2, 0.25) is 0 Å². The van der Waals surface area contributed by atoms with E-state index in [2.05, 4.69) is 22.0 Å². The average molecular weight is 660 g/mol. The summed E-state index contributed by atoms with van der Waals surface area (Å²) in [5.41, 5.74) is 3.11. The van der Waals surface area contributed by atoms with Gasteiger partial charge in [0.25, 0.3) is 5.91 Å². The molecule has 0 bridgehead atoms. The van der Waals surface area contributed by atoms with Gasteiger partial charge in [0.15, 0.2) is 5.69 Å². The van der Waals surface area contributed by atoms with Crippen molar-refractivity contribution in [2.24, 2.45) is 7.05 Å². The number of hydrogen-bond donors (Lipinski definition) is 0. The molecule has 10 nitrogen and oxygen atoms in total. The normalized spacial score (nSPS) is 16.1. The van der Waals surface area contributed by atoms with Gasteiger partial charge in [-0.15, -0.1) is 0 Å². The third kappa shape index (κ3) is 6.15. The molecule has 5 heterocycles. The molecule has 2 aromatic carbocycles. The van der Waals surface area contributed by atoms with E-state index in [4.69, 9.17) is 14.5 Å². The van der Waals surface area contributed by atoms with E-state index in [0.717, 1.165) is 41.6 Å². The Hall–Kier alpha value is -4.75. The topological polar surface area (TPSA) is 90.5 Å².